The minimum atomic E-state index is -0.140. The van der Waals surface area contributed by atoms with Crippen LogP contribution in [0, 0.1) is 0 Å². The van der Waals surface area contributed by atoms with Gasteiger partial charge in [0.2, 0.25) is 0 Å². The van der Waals surface area contributed by atoms with E-state index in [-0.39, 0.29) is 32.5 Å². The molecule has 2 aliphatic heterocycles. The number of nitrogens with two attached hydrogens (primary N) is 1. The fraction of sp³-hybridized carbons (Fsp3) is 0.348. The molecule has 0 atom stereocenters. The van der Waals surface area contributed by atoms with E-state index in [1.165, 1.54) is 33.4 Å². The molecule has 0 amide bonds. The Morgan fingerprint density at radius 2 is 0.693 bits per heavy atom. The first kappa shape index (κ1) is 51.8. The predicted octanol–water partition coefficient (Wildman–Crippen LogP) is 18.5. The van der Waals surface area contributed by atoms with Crippen molar-refractivity contribution in [3.05, 3.63) is 165 Å². The third-order valence-electron chi connectivity index (χ3n) is 15.6. The van der Waals surface area contributed by atoms with Gasteiger partial charge in [0.1, 0.15) is 0 Å². The quantitative estimate of drug-likeness (QED) is 0.154. The number of hydrogen-bond acceptors (Lipinski definition) is 4. The summed E-state index contributed by atoms with van der Waals surface area (Å²) in [5.41, 5.74) is 32.1. The van der Waals surface area contributed by atoms with Gasteiger partial charge in [0.25, 0.3) is 0 Å². The number of thiocarbonyl (C=S) groups is 1. The minimum absolute atomic E-state index is 0.106. The van der Waals surface area contributed by atoms with E-state index < -0.39 is 0 Å². The first-order valence-electron chi connectivity index (χ1n) is 26.9. The van der Waals surface area contributed by atoms with Crippen LogP contribution in [0.2, 0.25) is 0 Å². The molecule has 0 saturated carbocycles. The SMILES string of the molecule is CC(C)(C)c1cc(-c2c3nc(c(-c4cc(C(C)(C)C)cc(C(C)(C)C)c4)c4ccc([nH]4)c4c5nc(c(-c6cc(C(C)(C)C)cc(C(C)(C)C)c6)c6ccc2[nH]6)C(N)=C5C(=S)c2ccccc2-4)C=C3)cc(C(C)(C)C)c1. The van der Waals surface area contributed by atoms with Gasteiger partial charge in [-0.1, -0.05) is 216 Å². The molecule has 3 aromatic heterocycles. The molecule has 0 spiro atoms. The maximum absolute atomic E-state index is 7.67. The van der Waals surface area contributed by atoms with Gasteiger partial charge in [-0.25, -0.2) is 9.97 Å². The molecular formula is C69H77N5S. The molecule has 5 nitrogen and oxygen atoms in total. The number of nitrogens with one attached hydrogen (secondary N) is 2. The summed E-state index contributed by atoms with van der Waals surface area (Å²) in [4.78, 5) is 20.4. The Labute approximate surface area is 452 Å². The first-order chi connectivity index (χ1) is 34.8. The molecule has 0 radical (unpaired) electrons. The van der Waals surface area contributed by atoms with Gasteiger partial charge in [0.05, 0.1) is 33.3 Å². The van der Waals surface area contributed by atoms with Crippen LogP contribution in [0.3, 0.4) is 0 Å². The highest BCUT2D eigenvalue weighted by Gasteiger charge is 2.35. The lowest BCUT2D eigenvalue weighted by molar-refractivity contribution is 0.568. The zero-order valence-electron chi connectivity index (χ0n) is 47.8. The molecule has 75 heavy (non-hydrogen) atoms. The van der Waals surface area contributed by atoms with Crippen LogP contribution in [0.4, 0.5) is 0 Å². The molecule has 1 aliphatic carbocycles. The van der Waals surface area contributed by atoms with Crippen LogP contribution in [0.15, 0.2) is 103 Å². The van der Waals surface area contributed by atoms with E-state index >= 15 is 0 Å². The van der Waals surface area contributed by atoms with Gasteiger partial charge in [-0.3, -0.25) is 0 Å². The van der Waals surface area contributed by atoms with Crippen molar-refractivity contribution in [3.8, 4) is 44.5 Å². The van der Waals surface area contributed by atoms with Gasteiger partial charge >= 0.3 is 0 Å². The van der Waals surface area contributed by atoms with Crippen LogP contribution in [-0.2, 0) is 32.5 Å². The van der Waals surface area contributed by atoms with E-state index in [1.54, 1.807) is 0 Å². The van der Waals surface area contributed by atoms with E-state index in [0.717, 1.165) is 94.8 Å². The van der Waals surface area contributed by atoms with Crippen LogP contribution < -0.4 is 5.73 Å². The van der Waals surface area contributed by atoms with Crippen molar-refractivity contribution in [1.82, 2.24) is 19.9 Å². The average molecular weight is 1010 g/mol. The standard InChI is InChI=1S/C69H77N5S/c1-64(2,3)41-29-38(30-42(35-41)65(4,5)6)55-49-23-24-50(71-49)56(39-31-43(66(7,8)9)36-44(32-39)67(10,11)12)52-26-28-54(73-52)58-47-21-19-20-22-48(47)63(75)59-60(70)62(74-61(58)59)57(53-27-25-51(55)72-53)40-33-45(68(13,14)15)37-46(34-40)69(16,17)18/h19-37,72-73H,70H2,1-18H3. The summed E-state index contributed by atoms with van der Waals surface area (Å²) >= 11 is 6.51. The van der Waals surface area contributed by atoms with Gasteiger partial charge in [-0.15, -0.1) is 0 Å². The van der Waals surface area contributed by atoms with E-state index in [9.17, 15) is 0 Å². The highest BCUT2D eigenvalue weighted by molar-refractivity contribution is 7.82. The number of hydrogen-bond donors (Lipinski definition) is 3. The molecule has 5 heterocycles. The topological polar surface area (TPSA) is 83.4 Å². The number of rotatable bonds is 3. The molecule has 384 valence electrons. The van der Waals surface area contributed by atoms with Crippen LogP contribution in [0.1, 0.15) is 186 Å². The zero-order valence-corrected chi connectivity index (χ0v) is 48.7. The summed E-state index contributed by atoms with van der Waals surface area (Å²) in [5, 5.41) is 0. The van der Waals surface area contributed by atoms with Crippen molar-refractivity contribution < 1.29 is 0 Å². The molecule has 7 aromatic rings. The van der Waals surface area contributed by atoms with Crippen LogP contribution in [-0.4, -0.2) is 24.8 Å². The number of benzene rings is 4. The molecule has 0 fully saturated rings. The van der Waals surface area contributed by atoms with Crippen LogP contribution in [0.5, 0.6) is 0 Å². The Kier molecular flexibility index (Phi) is 12.1. The number of H-pyrrole nitrogens is 2. The second-order valence-electron chi connectivity index (χ2n) is 27.7. The molecular weight excluding hydrogens is 931 g/mol. The van der Waals surface area contributed by atoms with Gasteiger partial charge in [-0.2, -0.15) is 0 Å². The monoisotopic (exact) mass is 1010 g/mol. The molecule has 3 aliphatic rings. The van der Waals surface area contributed by atoms with Gasteiger partial charge < -0.3 is 15.7 Å². The van der Waals surface area contributed by atoms with Crippen molar-refractivity contribution in [2.45, 2.75) is 157 Å². The van der Waals surface area contributed by atoms with E-state index in [4.69, 9.17) is 27.9 Å². The molecule has 6 heteroatoms. The number of fused-ring (bicyclic) bond motifs is 10. The first-order valence-corrected chi connectivity index (χ1v) is 27.3. The number of aromatic amines is 2. The van der Waals surface area contributed by atoms with E-state index in [2.05, 4.69) is 250 Å². The number of aromatic nitrogens is 4. The highest BCUT2D eigenvalue weighted by Crippen LogP contribution is 2.49. The van der Waals surface area contributed by atoms with Gasteiger partial charge in [0.15, 0.2) is 0 Å². The molecule has 0 saturated heterocycles. The number of allylic oxidation sites excluding steroid dienone is 1. The molecule has 4 N–H and O–H groups in total. The lowest BCUT2D eigenvalue weighted by Crippen LogP contribution is -2.16. The van der Waals surface area contributed by atoms with Crippen molar-refractivity contribution in [3.63, 3.8) is 0 Å². The van der Waals surface area contributed by atoms with E-state index in [0.29, 0.717) is 16.3 Å². The third kappa shape index (κ3) is 9.36. The minimum Gasteiger partial charge on any atom is -0.396 e. The molecule has 10 rings (SSSR count). The molecule has 0 unspecified atom stereocenters. The Morgan fingerprint density at radius 1 is 0.373 bits per heavy atom. The van der Waals surface area contributed by atoms with Crippen molar-refractivity contribution >= 4 is 62.6 Å². The van der Waals surface area contributed by atoms with Crippen molar-refractivity contribution in [1.29, 1.82) is 0 Å². The highest BCUT2D eigenvalue weighted by atomic mass is 32.1. The van der Waals surface area contributed by atoms with Crippen LogP contribution >= 0.6 is 12.2 Å². The molecule has 4 aromatic carbocycles. The summed E-state index contributed by atoms with van der Waals surface area (Å²) in [6, 6.07) is 38.7. The van der Waals surface area contributed by atoms with Crippen LogP contribution in [0.25, 0.3) is 90.0 Å². The summed E-state index contributed by atoms with van der Waals surface area (Å²) in [5.74, 6) is 0. The Bertz CT molecular complexity index is 3690. The van der Waals surface area contributed by atoms with Crippen molar-refractivity contribution in [2.75, 3.05) is 0 Å². The lowest BCUT2D eigenvalue weighted by atomic mass is 9.78. The van der Waals surface area contributed by atoms with Gasteiger partial charge in [0, 0.05) is 55.5 Å². The lowest BCUT2D eigenvalue weighted by Gasteiger charge is -2.26. The fourth-order valence-electron chi connectivity index (χ4n) is 10.7. The maximum Gasteiger partial charge on any atom is 0.0973 e. The second kappa shape index (κ2) is 17.5. The summed E-state index contributed by atoms with van der Waals surface area (Å²) in [6.07, 6.45) is 4.45. The smallest absolute Gasteiger partial charge is 0.0973 e. The number of nitrogens with zero attached hydrogens (tertiary/aromatic N) is 2. The van der Waals surface area contributed by atoms with Gasteiger partial charge in [-0.05, 0) is 125 Å². The largest absolute Gasteiger partial charge is 0.396 e. The Hall–Kier alpha value is -6.63. The maximum atomic E-state index is 7.67. The third-order valence-corrected chi connectivity index (χ3v) is 16.0. The normalized spacial score (nSPS) is 14.2. The Morgan fingerprint density at radius 3 is 1.05 bits per heavy atom. The zero-order chi connectivity index (χ0) is 54.3. The summed E-state index contributed by atoms with van der Waals surface area (Å²) < 4.78 is 0. The summed E-state index contributed by atoms with van der Waals surface area (Å²) in [7, 11) is 0. The fourth-order valence-corrected chi connectivity index (χ4v) is 11.1. The van der Waals surface area contributed by atoms with E-state index in [1.807, 2.05) is 0 Å². The Balaban J connectivity index is 1.47. The second-order valence-corrected chi connectivity index (χ2v) is 28.1. The molecule has 8 bridgehead atoms. The summed E-state index contributed by atoms with van der Waals surface area (Å²) in [6.45, 7) is 41.4. The average Bonchev–Trinajstić information content (AvgIpc) is 4.14. The predicted molar refractivity (Wildman–Crippen MR) is 327 cm³/mol. The van der Waals surface area contributed by atoms with Crippen molar-refractivity contribution in [2.24, 2.45) is 5.73 Å².